The van der Waals surface area contributed by atoms with Crippen LogP contribution >= 0.6 is 0 Å². The third-order valence-electron chi connectivity index (χ3n) is 5.85. The number of unbranched alkanes of at least 4 members (excludes halogenated alkanes) is 1. The number of ether oxygens (including phenoxy) is 1. The van der Waals surface area contributed by atoms with Crippen molar-refractivity contribution in [2.24, 2.45) is 10.7 Å². The van der Waals surface area contributed by atoms with Crippen LogP contribution in [0.15, 0.2) is 47.5 Å². The number of nitrogens with two attached hydrogens (primary N) is 1. The maximum atomic E-state index is 13.5. The molecule has 1 heterocycles. The summed E-state index contributed by atoms with van der Waals surface area (Å²) in [5, 5.41) is 0. The summed E-state index contributed by atoms with van der Waals surface area (Å²) >= 11 is 0. The first-order valence-electron chi connectivity index (χ1n) is 10.7. The van der Waals surface area contributed by atoms with E-state index in [9.17, 15) is 18.0 Å². The van der Waals surface area contributed by atoms with E-state index in [0.29, 0.717) is 35.1 Å². The fourth-order valence-electron chi connectivity index (χ4n) is 4.02. The van der Waals surface area contributed by atoms with E-state index in [1.807, 2.05) is 0 Å². The number of carbonyl (C=O) groups is 1. The maximum Gasteiger partial charge on any atom is 0.387 e. The monoisotopic (exact) mass is 455 g/mol. The van der Waals surface area contributed by atoms with Crippen molar-refractivity contribution in [2.45, 2.75) is 43.8 Å². The van der Waals surface area contributed by atoms with Crippen molar-refractivity contribution in [3.05, 3.63) is 64.7 Å². The van der Waals surface area contributed by atoms with Crippen LogP contribution in [0.25, 0.3) is 0 Å². The number of guanidine groups is 1. The molecule has 0 bridgehead atoms. The third kappa shape index (κ3) is 4.40. The van der Waals surface area contributed by atoms with E-state index in [0.717, 1.165) is 12.8 Å². The molecule has 0 saturated heterocycles. The molecule has 1 fully saturated rings. The molecule has 33 heavy (non-hydrogen) atoms. The van der Waals surface area contributed by atoms with Gasteiger partial charge < -0.3 is 10.5 Å². The number of aliphatic imine (C=N–C) groups is 1. The highest BCUT2D eigenvalue weighted by molar-refractivity contribution is 6.09. The van der Waals surface area contributed by atoms with Gasteiger partial charge in [0.25, 0.3) is 5.91 Å². The van der Waals surface area contributed by atoms with Crippen molar-refractivity contribution in [1.29, 1.82) is 0 Å². The van der Waals surface area contributed by atoms with Crippen molar-refractivity contribution in [3.8, 4) is 17.6 Å². The van der Waals surface area contributed by atoms with Gasteiger partial charge in [-0.3, -0.25) is 14.1 Å². The number of hydrogen-bond acceptors (Lipinski definition) is 4. The standard InChI is InChI=1S/C25H24F3N3O2/c1-31-22(32)25(30-24(31)29,18-8-5-7-16(14-18)6-3-2-4-13-26)19-11-12-21(33-23(27)28)20(15-19)17-9-10-17/h5,7-8,11-12,14-15,17,23H,2,4,9-10,13H2,1H3,(H2,29,30)/t25-/m1/s1. The summed E-state index contributed by atoms with van der Waals surface area (Å²) in [6, 6.07) is 11.9. The number of hydrogen-bond donors (Lipinski definition) is 1. The lowest BCUT2D eigenvalue weighted by Gasteiger charge is -2.27. The molecule has 1 aliphatic carbocycles. The lowest BCUT2D eigenvalue weighted by molar-refractivity contribution is -0.129. The highest BCUT2D eigenvalue weighted by Crippen LogP contribution is 2.48. The zero-order chi connectivity index (χ0) is 23.6. The molecule has 1 aliphatic heterocycles. The number of alkyl halides is 3. The second kappa shape index (κ2) is 9.18. The minimum absolute atomic E-state index is 0.0558. The fourth-order valence-corrected chi connectivity index (χ4v) is 4.02. The molecule has 2 aromatic carbocycles. The summed E-state index contributed by atoms with van der Waals surface area (Å²) in [7, 11) is 1.54. The lowest BCUT2D eigenvalue weighted by Crippen LogP contribution is -2.41. The van der Waals surface area contributed by atoms with Crippen LogP contribution < -0.4 is 10.5 Å². The average Bonchev–Trinajstić information content (AvgIpc) is 3.61. The highest BCUT2D eigenvalue weighted by Gasteiger charge is 2.50. The number of carbonyl (C=O) groups excluding carboxylic acids is 1. The van der Waals surface area contributed by atoms with E-state index >= 15 is 0 Å². The third-order valence-corrected chi connectivity index (χ3v) is 5.85. The molecule has 4 rings (SSSR count). The summed E-state index contributed by atoms with van der Waals surface area (Å²) < 4.78 is 42.9. The first-order chi connectivity index (χ1) is 15.9. The van der Waals surface area contributed by atoms with Gasteiger partial charge >= 0.3 is 6.61 Å². The number of benzene rings is 2. The van der Waals surface area contributed by atoms with Crippen LogP contribution in [0.2, 0.25) is 0 Å². The quantitative estimate of drug-likeness (QED) is 0.500. The average molecular weight is 455 g/mol. The van der Waals surface area contributed by atoms with Gasteiger partial charge in [0, 0.05) is 19.0 Å². The molecule has 0 unspecified atom stereocenters. The Hall–Kier alpha value is -3.47. The van der Waals surface area contributed by atoms with Gasteiger partial charge in [-0.15, -0.1) is 0 Å². The summed E-state index contributed by atoms with van der Waals surface area (Å²) in [6.45, 7) is -3.37. The molecule has 2 aliphatic rings. The number of nitrogens with zero attached hydrogens (tertiary/aromatic N) is 2. The van der Waals surface area contributed by atoms with Gasteiger partial charge in [0.15, 0.2) is 11.5 Å². The van der Waals surface area contributed by atoms with Crippen LogP contribution in [0.1, 0.15) is 53.9 Å². The fraction of sp³-hybridized carbons (Fsp3) is 0.360. The second-order valence-electron chi connectivity index (χ2n) is 8.13. The maximum absolute atomic E-state index is 13.5. The van der Waals surface area contributed by atoms with Gasteiger partial charge in [0.1, 0.15) is 5.75 Å². The Balaban J connectivity index is 1.83. The molecule has 5 nitrogen and oxygen atoms in total. The molecule has 172 valence electrons. The summed E-state index contributed by atoms with van der Waals surface area (Å²) in [6.07, 6.45) is 2.51. The molecule has 1 saturated carbocycles. The zero-order valence-electron chi connectivity index (χ0n) is 18.2. The van der Waals surface area contributed by atoms with E-state index in [1.165, 1.54) is 11.0 Å². The zero-order valence-corrected chi connectivity index (χ0v) is 18.2. The number of likely N-dealkylation sites (N-methyl/N-ethyl adjacent to an activating group) is 1. The van der Waals surface area contributed by atoms with Gasteiger partial charge in [-0.1, -0.05) is 30.0 Å². The highest BCUT2D eigenvalue weighted by atomic mass is 19.3. The van der Waals surface area contributed by atoms with Crippen LogP contribution in [0.4, 0.5) is 13.2 Å². The van der Waals surface area contributed by atoms with Gasteiger partial charge in [0.05, 0.1) is 6.67 Å². The number of amides is 1. The van der Waals surface area contributed by atoms with Gasteiger partial charge in [-0.05, 0) is 66.1 Å². The second-order valence-corrected chi connectivity index (χ2v) is 8.13. The Morgan fingerprint density at radius 3 is 2.64 bits per heavy atom. The minimum atomic E-state index is -2.94. The predicted octanol–water partition coefficient (Wildman–Crippen LogP) is 4.30. The SMILES string of the molecule is CN1C(=O)[C@@](c2cccc(C#CCCCF)c2)(c2ccc(OC(F)F)c(C3CC3)c2)N=C1N. The number of halogens is 3. The van der Waals surface area contributed by atoms with Crippen LogP contribution in [0.3, 0.4) is 0 Å². The van der Waals surface area contributed by atoms with Gasteiger partial charge in [-0.25, -0.2) is 4.99 Å². The smallest absolute Gasteiger partial charge is 0.387 e. The van der Waals surface area contributed by atoms with Crippen molar-refractivity contribution in [3.63, 3.8) is 0 Å². The van der Waals surface area contributed by atoms with Crippen molar-refractivity contribution >= 4 is 11.9 Å². The molecule has 1 amide bonds. The molecule has 0 spiro atoms. The molecule has 0 radical (unpaired) electrons. The number of rotatable bonds is 7. The first kappa shape index (κ1) is 22.7. The van der Waals surface area contributed by atoms with Crippen molar-refractivity contribution in [2.75, 3.05) is 13.7 Å². The summed E-state index contributed by atoms with van der Waals surface area (Å²) in [5.41, 5.74) is 6.94. The molecular formula is C25H24F3N3O2. The van der Waals surface area contributed by atoms with Crippen LogP contribution in [-0.2, 0) is 10.3 Å². The molecule has 8 heteroatoms. The van der Waals surface area contributed by atoms with Crippen LogP contribution in [0, 0.1) is 11.8 Å². The van der Waals surface area contributed by atoms with Crippen molar-refractivity contribution in [1.82, 2.24) is 4.90 Å². The Labute approximate surface area is 190 Å². The molecular weight excluding hydrogens is 431 g/mol. The minimum Gasteiger partial charge on any atom is -0.435 e. The Bertz CT molecular complexity index is 1150. The molecule has 0 aromatic heterocycles. The predicted molar refractivity (Wildman–Crippen MR) is 119 cm³/mol. The van der Waals surface area contributed by atoms with E-state index in [2.05, 4.69) is 16.8 Å². The topological polar surface area (TPSA) is 67.9 Å². The van der Waals surface area contributed by atoms with Crippen LogP contribution in [0.5, 0.6) is 5.75 Å². The van der Waals surface area contributed by atoms with Gasteiger partial charge in [0.2, 0.25) is 0 Å². The largest absolute Gasteiger partial charge is 0.435 e. The van der Waals surface area contributed by atoms with E-state index in [4.69, 9.17) is 10.5 Å². The van der Waals surface area contributed by atoms with Gasteiger partial charge in [-0.2, -0.15) is 8.78 Å². The van der Waals surface area contributed by atoms with E-state index < -0.39 is 18.8 Å². The Morgan fingerprint density at radius 1 is 1.24 bits per heavy atom. The van der Waals surface area contributed by atoms with E-state index in [1.54, 1.807) is 43.4 Å². The summed E-state index contributed by atoms with van der Waals surface area (Å²) in [4.78, 5) is 19.4. The van der Waals surface area contributed by atoms with E-state index in [-0.39, 0.29) is 23.5 Å². The molecule has 2 aromatic rings. The Kier molecular flexibility index (Phi) is 6.32. The van der Waals surface area contributed by atoms with Crippen molar-refractivity contribution < 1.29 is 22.7 Å². The normalized spacial score (nSPS) is 20.0. The lowest BCUT2D eigenvalue weighted by atomic mass is 9.81. The molecule has 1 atom stereocenters. The summed E-state index contributed by atoms with van der Waals surface area (Å²) in [5.74, 6) is 5.82. The Morgan fingerprint density at radius 2 is 2.00 bits per heavy atom. The molecule has 2 N–H and O–H groups in total. The van der Waals surface area contributed by atoms with Crippen LogP contribution in [-0.4, -0.2) is 37.1 Å². The first-order valence-corrected chi connectivity index (χ1v) is 10.7.